The van der Waals surface area contributed by atoms with Crippen LogP contribution in [0.15, 0.2) is 79.0 Å². The van der Waals surface area contributed by atoms with Crippen LogP contribution in [0.3, 0.4) is 0 Å². The fourth-order valence-electron chi connectivity index (χ4n) is 3.00. The Bertz CT molecular complexity index is 950. The molecular weight excluding hydrogens is 356 g/mol. The van der Waals surface area contributed by atoms with E-state index in [-0.39, 0.29) is 0 Å². The lowest BCUT2D eigenvalue weighted by Crippen LogP contribution is -1.97. The summed E-state index contributed by atoms with van der Waals surface area (Å²) >= 11 is 0. The summed E-state index contributed by atoms with van der Waals surface area (Å²) in [5, 5.41) is 8.91. The van der Waals surface area contributed by atoms with Gasteiger partial charge >= 0.3 is 0 Å². The smallest absolute Gasteiger partial charge is 0.137 e. The second-order valence-corrected chi connectivity index (χ2v) is 6.90. The topological polar surface area (TPSA) is 45.9 Å². The van der Waals surface area contributed by atoms with E-state index in [0.717, 1.165) is 47.4 Å². The Hall–Kier alpha value is -3.38. The van der Waals surface area contributed by atoms with Crippen LogP contribution >= 0.6 is 0 Å². The SMILES string of the molecule is CCC/C=C/CCCOc1ccc(-c2ccc(-c3ccc(C#N)cc3)cc2)nc1. The summed E-state index contributed by atoms with van der Waals surface area (Å²) in [5.74, 6) is 0.806. The number of nitriles is 1. The van der Waals surface area contributed by atoms with Gasteiger partial charge in [0.1, 0.15) is 5.75 Å². The van der Waals surface area contributed by atoms with Gasteiger partial charge < -0.3 is 4.74 Å². The van der Waals surface area contributed by atoms with E-state index in [1.807, 2.05) is 36.4 Å². The highest BCUT2D eigenvalue weighted by Crippen LogP contribution is 2.25. The molecule has 0 N–H and O–H groups in total. The van der Waals surface area contributed by atoms with E-state index in [9.17, 15) is 0 Å². The van der Waals surface area contributed by atoms with E-state index in [2.05, 4.69) is 54.4 Å². The van der Waals surface area contributed by atoms with Crippen molar-refractivity contribution in [3.05, 3.63) is 84.6 Å². The first-order valence-corrected chi connectivity index (χ1v) is 10.1. The van der Waals surface area contributed by atoms with Crippen LogP contribution in [0, 0.1) is 11.3 Å². The fraction of sp³-hybridized carbons (Fsp3) is 0.231. The van der Waals surface area contributed by atoms with Crippen molar-refractivity contribution in [3.63, 3.8) is 0 Å². The van der Waals surface area contributed by atoms with Gasteiger partial charge in [-0.15, -0.1) is 0 Å². The lowest BCUT2D eigenvalue weighted by atomic mass is 10.0. The van der Waals surface area contributed by atoms with Crippen molar-refractivity contribution >= 4 is 0 Å². The number of hydrogen-bond donors (Lipinski definition) is 0. The molecule has 3 heteroatoms. The van der Waals surface area contributed by atoms with Gasteiger partial charge in [0, 0.05) is 5.56 Å². The summed E-state index contributed by atoms with van der Waals surface area (Å²) in [5.41, 5.74) is 4.87. The van der Waals surface area contributed by atoms with Crippen LogP contribution in [0.2, 0.25) is 0 Å². The number of rotatable bonds is 9. The molecule has 3 rings (SSSR count). The molecule has 3 aromatic rings. The molecule has 146 valence electrons. The largest absolute Gasteiger partial charge is 0.492 e. The minimum absolute atomic E-state index is 0.671. The predicted octanol–water partition coefficient (Wildman–Crippen LogP) is 6.80. The van der Waals surface area contributed by atoms with Gasteiger partial charge in [-0.3, -0.25) is 4.98 Å². The van der Waals surface area contributed by atoms with Gasteiger partial charge in [-0.2, -0.15) is 5.26 Å². The number of aromatic nitrogens is 1. The summed E-state index contributed by atoms with van der Waals surface area (Å²) in [6.07, 6.45) is 10.7. The number of ether oxygens (including phenoxy) is 1. The molecule has 29 heavy (non-hydrogen) atoms. The molecule has 0 aliphatic carbocycles. The molecule has 2 aromatic carbocycles. The molecule has 0 spiro atoms. The average molecular weight is 383 g/mol. The van der Waals surface area contributed by atoms with E-state index >= 15 is 0 Å². The van der Waals surface area contributed by atoms with Gasteiger partial charge in [-0.25, -0.2) is 0 Å². The van der Waals surface area contributed by atoms with Crippen LogP contribution in [0.5, 0.6) is 5.75 Å². The van der Waals surface area contributed by atoms with Crippen LogP contribution in [-0.2, 0) is 0 Å². The zero-order valence-corrected chi connectivity index (χ0v) is 16.8. The number of benzene rings is 2. The second kappa shape index (κ2) is 10.8. The first-order valence-electron chi connectivity index (χ1n) is 10.1. The number of unbranched alkanes of at least 4 members (excludes halogenated alkanes) is 2. The zero-order chi connectivity index (χ0) is 20.3. The van der Waals surface area contributed by atoms with Gasteiger partial charge in [0.15, 0.2) is 0 Å². The molecule has 0 amide bonds. The minimum atomic E-state index is 0.671. The third-order valence-corrected chi connectivity index (χ3v) is 4.67. The van der Waals surface area contributed by atoms with Gasteiger partial charge in [0.2, 0.25) is 0 Å². The van der Waals surface area contributed by atoms with Crippen LogP contribution in [0.1, 0.15) is 38.2 Å². The summed E-state index contributed by atoms with van der Waals surface area (Å²) in [7, 11) is 0. The van der Waals surface area contributed by atoms with Crippen molar-refractivity contribution in [2.75, 3.05) is 6.61 Å². The van der Waals surface area contributed by atoms with E-state index in [4.69, 9.17) is 10.00 Å². The lowest BCUT2D eigenvalue weighted by molar-refractivity contribution is 0.311. The van der Waals surface area contributed by atoms with Crippen molar-refractivity contribution in [1.82, 2.24) is 4.98 Å². The van der Waals surface area contributed by atoms with Crippen LogP contribution in [-0.4, -0.2) is 11.6 Å². The maximum absolute atomic E-state index is 8.91. The molecule has 0 aliphatic rings. The molecular formula is C26H26N2O. The van der Waals surface area contributed by atoms with Crippen molar-refractivity contribution in [3.8, 4) is 34.2 Å². The second-order valence-electron chi connectivity index (χ2n) is 6.90. The standard InChI is InChI=1S/C26H26N2O/c1-2-3-4-5-6-7-18-29-25-16-17-26(28-20-25)24-14-12-23(13-15-24)22-10-8-21(19-27)9-11-22/h4-5,8-17,20H,2-3,6-7,18H2,1H3/b5-4+. The van der Waals surface area contributed by atoms with Gasteiger partial charge in [0.05, 0.1) is 30.1 Å². The highest BCUT2D eigenvalue weighted by molar-refractivity contribution is 5.69. The number of allylic oxidation sites excluding steroid dienone is 2. The first-order chi connectivity index (χ1) is 14.3. The number of pyridine rings is 1. The fourth-order valence-corrected chi connectivity index (χ4v) is 3.00. The van der Waals surface area contributed by atoms with Crippen molar-refractivity contribution in [1.29, 1.82) is 5.26 Å². The molecule has 0 unspecified atom stereocenters. The summed E-state index contributed by atoms with van der Waals surface area (Å²) in [6.45, 7) is 2.89. The normalized spacial score (nSPS) is 10.8. The molecule has 0 fully saturated rings. The monoisotopic (exact) mass is 382 g/mol. The van der Waals surface area contributed by atoms with E-state index < -0.39 is 0 Å². The zero-order valence-electron chi connectivity index (χ0n) is 16.8. The number of hydrogen-bond acceptors (Lipinski definition) is 3. The van der Waals surface area contributed by atoms with Crippen LogP contribution in [0.4, 0.5) is 0 Å². The maximum atomic E-state index is 8.91. The van der Waals surface area contributed by atoms with Crippen molar-refractivity contribution in [2.45, 2.75) is 32.6 Å². The lowest BCUT2D eigenvalue weighted by Gasteiger charge is -2.07. The molecule has 0 aliphatic heterocycles. The molecule has 0 radical (unpaired) electrons. The van der Waals surface area contributed by atoms with Crippen LogP contribution in [0.25, 0.3) is 22.4 Å². The summed E-state index contributed by atoms with van der Waals surface area (Å²) < 4.78 is 5.78. The first kappa shape index (κ1) is 20.4. The van der Waals surface area contributed by atoms with Crippen LogP contribution < -0.4 is 4.74 Å². The molecule has 0 atom stereocenters. The van der Waals surface area contributed by atoms with Gasteiger partial charge in [-0.05, 0) is 54.7 Å². The van der Waals surface area contributed by atoms with E-state index in [0.29, 0.717) is 12.2 Å². The predicted molar refractivity (Wildman–Crippen MR) is 119 cm³/mol. The average Bonchev–Trinajstić information content (AvgIpc) is 2.79. The van der Waals surface area contributed by atoms with Crippen molar-refractivity contribution < 1.29 is 4.74 Å². The Kier molecular flexibility index (Phi) is 7.60. The molecule has 0 saturated carbocycles. The quantitative estimate of drug-likeness (QED) is 0.302. The third-order valence-electron chi connectivity index (χ3n) is 4.67. The maximum Gasteiger partial charge on any atom is 0.137 e. The Morgan fingerprint density at radius 2 is 1.52 bits per heavy atom. The Labute approximate surface area is 173 Å². The van der Waals surface area contributed by atoms with E-state index in [1.165, 1.54) is 6.42 Å². The number of nitrogens with zero attached hydrogens (tertiary/aromatic N) is 2. The molecule has 0 bridgehead atoms. The minimum Gasteiger partial charge on any atom is -0.492 e. The van der Waals surface area contributed by atoms with E-state index in [1.54, 1.807) is 6.20 Å². The Morgan fingerprint density at radius 1 is 0.862 bits per heavy atom. The Morgan fingerprint density at radius 3 is 2.14 bits per heavy atom. The molecule has 3 nitrogen and oxygen atoms in total. The van der Waals surface area contributed by atoms with Gasteiger partial charge in [0.25, 0.3) is 0 Å². The van der Waals surface area contributed by atoms with Crippen molar-refractivity contribution in [2.24, 2.45) is 0 Å². The summed E-state index contributed by atoms with van der Waals surface area (Å²) in [4.78, 5) is 4.54. The highest BCUT2D eigenvalue weighted by Gasteiger charge is 2.03. The highest BCUT2D eigenvalue weighted by atomic mass is 16.5. The molecule has 1 aromatic heterocycles. The molecule has 1 heterocycles. The summed E-state index contributed by atoms with van der Waals surface area (Å²) in [6, 6.07) is 22.0. The Balaban J connectivity index is 1.55. The van der Waals surface area contributed by atoms with Gasteiger partial charge in [-0.1, -0.05) is 61.9 Å². The third kappa shape index (κ3) is 6.05. The molecule has 0 saturated heterocycles.